The standard InChI is InChI=1S/C12H26N2O/c1-4-11(6-13)8-14-7-10(3)15-9-12(14)5-2/h10-12H,4-9,13H2,1-3H3. The van der Waals surface area contributed by atoms with E-state index >= 15 is 0 Å². The van der Waals surface area contributed by atoms with Crippen LogP contribution in [0.2, 0.25) is 0 Å². The van der Waals surface area contributed by atoms with E-state index in [0.29, 0.717) is 18.1 Å². The minimum Gasteiger partial charge on any atom is -0.376 e. The summed E-state index contributed by atoms with van der Waals surface area (Å²) in [7, 11) is 0. The Balaban J connectivity index is 2.47. The first-order chi connectivity index (χ1) is 7.21. The zero-order valence-corrected chi connectivity index (χ0v) is 10.4. The van der Waals surface area contributed by atoms with Gasteiger partial charge < -0.3 is 10.5 Å². The summed E-state index contributed by atoms with van der Waals surface area (Å²) >= 11 is 0. The van der Waals surface area contributed by atoms with Gasteiger partial charge in [0.15, 0.2) is 0 Å². The molecule has 1 aliphatic heterocycles. The zero-order chi connectivity index (χ0) is 11.3. The molecule has 0 spiro atoms. The smallest absolute Gasteiger partial charge is 0.0674 e. The van der Waals surface area contributed by atoms with Crippen molar-refractivity contribution in [3.8, 4) is 0 Å². The molecule has 1 heterocycles. The molecule has 0 aromatic heterocycles. The highest BCUT2D eigenvalue weighted by Crippen LogP contribution is 2.16. The van der Waals surface area contributed by atoms with E-state index in [1.54, 1.807) is 0 Å². The first kappa shape index (κ1) is 12.9. The minimum atomic E-state index is 0.378. The zero-order valence-electron chi connectivity index (χ0n) is 10.4. The molecule has 0 radical (unpaired) electrons. The lowest BCUT2D eigenvalue weighted by atomic mass is 10.0. The van der Waals surface area contributed by atoms with Gasteiger partial charge in [0.25, 0.3) is 0 Å². The molecule has 3 nitrogen and oxygen atoms in total. The highest BCUT2D eigenvalue weighted by molar-refractivity contribution is 4.79. The van der Waals surface area contributed by atoms with Gasteiger partial charge in [-0.1, -0.05) is 20.3 Å². The van der Waals surface area contributed by atoms with Crippen molar-refractivity contribution < 1.29 is 4.74 Å². The highest BCUT2D eigenvalue weighted by atomic mass is 16.5. The summed E-state index contributed by atoms with van der Waals surface area (Å²) in [6.07, 6.45) is 2.73. The van der Waals surface area contributed by atoms with Gasteiger partial charge in [0.1, 0.15) is 0 Å². The van der Waals surface area contributed by atoms with E-state index in [4.69, 9.17) is 10.5 Å². The van der Waals surface area contributed by atoms with E-state index in [-0.39, 0.29) is 0 Å². The molecule has 2 N–H and O–H groups in total. The monoisotopic (exact) mass is 214 g/mol. The van der Waals surface area contributed by atoms with Crippen LogP contribution in [0, 0.1) is 5.92 Å². The number of nitrogens with two attached hydrogens (primary N) is 1. The van der Waals surface area contributed by atoms with Gasteiger partial charge in [0, 0.05) is 19.1 Å². The van der Waals surface area contributed by atoms with Crippen molar-refractivity contribution in [1.82, 2.24) is 4.90 Å². The quantitative estimate of drug-likeness (QED) is 0.753. The SMILES string of the molecule is CCC(CN)CN1CC(C)OCC1CC. The van der Waals surface area contributed by atoms with E-state index in [0.717, 1.165) is 26.2 Å². The Hall–Kier alpha value is -0.120. The number of hydrogen-bond acceptors (Lipinski definition) is 3. The number of morpholine rings is 1. The second-order valence-electron chi connectivity index (χ2n) is 4.67. The van der Waals surface area contributed by atoms with Crippen molar-refractivity contribution in [2.45, 2.75) is 45.8 Å². The average Bonchev–Trinajstić information content (AvgIpc) is 2.26. The van der Waals surface area contributed by atoms with Gasteiger partial charge in [-0.3, -0.25) is 4.90 Å². The molecule has 0 bridgehead atoms. The van der Waals surface area contributed by atoms with Gasteiger partial charge in [-0.25, -0.2) is 0 Å². The molecule has 3 unspecified atom stereocenters. The molecule has 3 heteroatoms. The van der Waals surface area contributed by atoms with Crippen LogP contribution in [0.5, 0.6) is 0 Å². The van der Waals surface area contributed by atoms with Crippen LogP contribution in [-0.4, -0.2) is 43.3 Å². The van der Waals surface area contributed by atoms with Crippen LogP contribution in [0.4, 0.5) is 0 Å². The summed E-state index contributed by atoms with van der Waals surface area (Å²) in [6.45, 7) is 10.5. The second kappa shape index (κ2) is 6.46. The maximum absolute atomic E-state index is 5.76. The molecule has 1 fully saturated rings. The van der Waals surface area contributed by atoms with E-state index in [2.05, 4.69) is 25.7 Å². The molecule has 15 heavy (non-hydrogen) atoms. The summed E-state index contributed by atoms with van der Waals surface area (Å²) in [5, 5.41) is 0. The fraction of sp³-hybridized carbons (Fsp3) is 1.00. The molecule has 1 saturated heterocycles. The van der Waals surface area contributed by atoms with Crippen LogP contribution >= 0.6 is 0 Å². The molecule has 0 aromatic rings. The lowest BCUT2D eigenvalue weighted by Gasteiger charge is -2.39. The second-order valence-corrected chi connectivity index (χ2v) is 4.67. The Kier molecular flexibility index (Phi) is 5.58. The fourth-order valence-electron chi connectivity index (χ4n) is 2.21. The van der Waals surface area contributed by atoms with Crippen molar-refractivity contribution in [3.05, 3.63) is 0 Å². The molecule has 1 rings (SSSR count). The van der Waals surface area contributed by atoms with E-state index in [9.17, 15) is 0 Å². The summed E-state index contributed by atoms with van der Waals surface area (Å²) in [5.41, 5.74) is 5.76. The average molecular weight is 214 g/mol. The highest BCUT2D eigenvalue weighted by Gasteiger charge is 2.26. The molecule has 0 amide bonds. The van der Waals surface area contributed by atoms with Crippen LogP contribution in [0.1, 0.15) is 33.6 Å². The topological polar surface area (TPSA) is 38.5 Å². The largest absolute Gasteiger partial charge is 0.376 e. The number of nitrogens with zero attached hydrogens (tertiary/aromatic N) is 1. The summed E-state index contributed by atoms with van der Waals surface area (Å²) in [5.74, 6) is 0.643. The molecular weight excluding hydrogens is 188 g/mol. The Morgan fingerprint density at radius 3 is 2.73 bits per heavy atom. The molecule has 90 valence electrons. The summed E-state index contributed by atoms with van der Waals surface area (Å²) < 4.78 is 5.69. The van der Waals surface area contributed by atoms with Crippen LogP contribution < -0.4 is 5.73 Å². The fourth-order valence-corrected chi connectivity index (χ4v) is 2.21. The van der Waals surface area contributed by atoms with E-state index in [1.165, 1.54) is 12.8 Å². The van der Waals surface area contributed by atoms with Gasteiger partial charge in [0.2, 0.25) is 0 Å². The van der Waals surface area contributed by atoms with Crippen molar-refractivity contribution in [3.63, 3.8) is 0 Å². The maximum Gasteiger partial charge on any atom is 0.0674 e. The molecular formula is C12H26N2O. The first-order valence-corrected chi connectivity index (χ1v) is 6.26. The predicted octanol–water partition coefficient (Wildman–Crippen LogP) is 1.47. The predicted molar refractivity (Wildman–Crippen MR) is 63.9 cm³/mol. The molecule has 1 aliphatic rings. The first-order valence-electron chi connectivity index (χ1n) is 6.26. The maximum atomic E-state index is 5.76. The lowest BCUT2D eigenvalue weighted by molar-refractivity contribution is -0.0604. The van der Waals surface area contributed by atoms with Gasteiger partial charge in [0.05, 0.1) is 12.7 Å². The van der Waals surface area contributed by atoms with Crippen molar-refractivity contribution in [1.29, 1.82) is 0 Å². The van der Waals surface area contributed by atoms with Crippen LogP contribution in [0.3, 0.4) is 0 Å². The Morgan fingerprint density at radius 2 is 2.20 bits per heavy atom. The van der Waals surface area contributed by atoms with Gasteiger partial charge >= 0.3 is 0 Å². The third kappa shape index (κ3) is 3.74. The molecule has 0 aliphatic carbocycles. The number of ether oxygens (including phenoxy) is 1. The van der Waals surface area contributed by atoms with Gasteiger partial charge in [-0.2, -0.15) is 0 Å². The molecule has 0 saturated carbocycles. The van der Waals surface area contributed by atoms with E-state index in [1.807, 2.05) is 0 Å². The molecule has 3 atom stereocenters. The van der Waals surface area contributed by atoms with Crippen LogP contribution in [0.15, 0.2) is 0 Å². The Labute approximate surface area is 94.0 Å². The third-order valence-electron chi connectivity index (χ3n) is 3.46. The Bertz CT molecular complexity index is 171. The van der Waals surface area contributed by atoms with Crippen molar-refractivity contribution in [2.75, 3.05) is 26.2 Å². The minimum absolute atomic E-state index is 0.378. The summed E-state index contributed by atoms with van der Waals surface area (Å²) in [4.78, 5) is 2.56. The van der Waals surface area contributed by atoms with E-state index < -0.39 is 0 Å². The Morgan fingerprint density at radius 1 is 1.47 bits per heavy atom. The normalized spacial score (nSPS) is 30.4. The van der Waals surface area contributed by atoms with Crippen LogP contribution in [0.25, 0.3) is 0 Å². The third-order valence-corrected chi connectivity index (χ3v) is 3.46. The van der Waals surface area contributed by atoms with Crippen molar-refractivity contribution >= 4 is 0 Å². The van der Waals surface area contributed by atoms with Gasteiger partial charge in [-0.05, 0) is 25.8 Å². The van der Waals surface area contributed by atoms with Crippen molar-refractivity contribution in [2.24, 2.45) is 11.7 Å². The number of rotatable bonds is 5. The number of hydrogen-bond donors (Lipinski definition) is 1. The van der Waals surface area contributed by atoms with Crippen LogP contribution in [-0.2, 0) is 4.74 Å². The molecule has 0 aromatic carbocycles. The lowest BCUT2D eigenvalue weighted by Crippen LogP contribution is -2.50. The summed E-state index contributed by atoms with van der Waals surface area (Å²) in [6, 6.07) is 0.599. The van der Waals surface area contributed by atoms with Gasteiger partial charge in [-0.15, -0.1) is 0 Å².